The summed E-state index contributed by atoms with van der Waals surface area (Å²) in [5.41, 5.74) is -0.543. The Kier molecular flexibility index (Phi) is 3.08. The van der Waals surface area contributed by atoms with Crippen molar-refractivity contribution < 1.29 is 14.3 Å². The maximum atomic E-state index is 11.1. The van der Waals surface area contributed by atoms with Gasteiger partial charge in [-0.1, -0.05) is 6.92 Å². The molecule has 4 nitrogen and oxygen atoms in total. The first-order chi connectivity index (χ1) is 7.57. The highest BCUT2D eigenvalue weighted by Crippen LogP contribution is 2.35. The van der Waals surface area contributed by atoms with E-state index >= 15 is 0 Å². The Morgan fingerprint density at radius 3 is 2.81 bits per heavy atom. The Labute approximate surface area is 102 Å². The van der Waals surface area contributed by atoms with Crippen molar-refractivity contribution in [1.82, 2.24) is 4.90 Å². The van der Waals surface area contributed by atoms with E-state index < -0.39 is 11.4 Å². The Morgan fingerprint density at radius 1 is 1.69 bits per heavy atom. The summed E-state index contributed by atoms with van der Waals surface area (Å²) in [7, 11) is 0. The fraction of sp³-hybridized carbons (Fsp3) is 0.545. The summed E-state index contributed by atoms with van der Waals surface area (Å²) in [4.78, 5) is 13.2. The third-order valence-electron chi connectivity index (χ3n) is 3.24. The third-order valence-corrected chi connectivity index (χ3v) is 3.95. The first-order valence-corrected chi connectivity index (χ1v) is 6.04. The lowest BCUT2D eigenvalue weighted by Gasteiger charge is -2.46. The van der Waals surface area contributed by atoms with Gasteiger partial charge >= 0.3 is 5.97 Å². The first-order valence-electron chi connectivity index (χ1n) is 5.25. The summed E-state index contributed by atoms with van der Waals surface area (Å²) in [6, 6.07) is 1.85. The number of likely N-dealkylation sites (tertiary alicyclic amines) is 1. The van der Waals surface area contributed by atoms with Gasteiger partial charge in [0.2, 0.25) is 0 Å². The molecule has 88 valence electrons. The molecule has 2 rings (SSSR count). The predicted octanol–water partition coefficient (Wildman–Crippen LogP) is 2.34. The number of nitrogens with zero attached hydrogens (tertiary/aromatic N) is 1. The number of hydrogen-bond acceptors (Lipinski definition) is 3. The van der Waals surface area contributed by atoms with E-state index in [1.807, 2.05) is 13.0 Å². The molecular weight excluding hydrogens is 274 g/mol. The van der Waals surface area contributed by atoms with Crippen molar-refractivity contribution in [2.24, 2.45) is 5.41 Å². The number of furan rings is 1. The van der Waals surface area contributed by atoms with Crippen LogP contribution in [0.25, 0.3) is 0 Å². The summed E-state index contributed by atoms with van der Waals surface area (Å²) in [5.74, 6) is 0.167. The normalized spacial score (nSPS) is 19.4. The fourth-order valence-corrected chi connectivity index (χ4v) is 2.40. The lowest BCUT2D eigenvalue weighted by molar-refractivity contribution is -0.161. The highest BCUT2D eigenvalue weighted by molar-refractivity contribution is 9.10. The number of carboxylic acids is 1. The van der Waals surface area contributed by atoms with Crippen LogP contribution in [0.3, 0.4) is 0 Å². The Balaban J connectivity index is 1.94. The Bertz CT molecular complexity index is 396. The van der Waals surface area contributed by atoms with Gasteiger partial charge in [0.15, 0.2) is 0 Å². The Hall–Kier alpha value is -0.810. The van der Waals surface area contributed by atoms with Gasteiger partial charge in [0.1, 0.15) is 5.76 Å². The van der Waals surface area contributed by atoms with Gasteiger partial charge in [-0.25, -0.2) is 0 Å². The van der Waals surface area contributed by atoms with Crippen molar-refractivity contribution in [3.63, 3.8) is 0 Å². The number of carbonyl (C=O) groups is 1. The van der Waals surface area contributed by atoms with Crippen molar-refractivity contribution in [3.05, 3.63) is 22.6 Å². The van der Waals surface area contributed by atoms with E-state index in [0.29, 0.717) is 26.1 Å². The van der Waals surface area contributed by atoms with E-state index in [-0.39, 0.29) is 0 Å². The molecule has 1 fully saturated rings. The van der Waals surface area contributed by atoms with E-state index in [0.717, 1.165) is 10.2 Å². The van der Waals surface area contributed by atoms with Gasteiger partial charge in [-0.05, 0) is 28.4 Å². The molecule has 5 heteroatoms. The largest absolute Gasteiger partial charge is 0.481 e. The van der Waals surface area contributed by atoms with Crippen molar-refractivity contribution >= 4 is 21.9 Å². The SMILES string of the molecule is CCC1(C(=O)O)CN(Cc2occc2Br)C1. The van der Waals surface area contributed by atoms with E-state index in [1.165, 1.54) is 0 Å². The number of aliphatic carboxylic acids is 1. The number of carboxylic acid groups (broad SMARTS) is 1. The summed E-state index contributed by atoms with van der Waals surface area (Å²) in [5, 5.41) is 9.12. The second-order valence-electron chi connectivity index (χ2n) is 4.28. The average molecular weight is 288 g/mol. The number of hydrogen-bond donors (Lipinski definition) is 1. The van der Waals surface area contributed by atoms with Crippen LogP contribution in [0.5, 0.6) is 0 Å². The molecule has 2 heterocycles. The van der Waals surface area contributed by atoms with Crippen molar-refractivity contribution in [2.45, 2.75) is 19.9 Å². The molecule has 0 unspecified atom stereocenters. The maximum Gasteiger partial charge on any atom is 0.312 e. The minimum absolute atomic E-state index is 0.543. The molecule has 1 aromatic rings. The van der Waals surface area contributed by atoms with Crippen molar-refractivity contribution in [2.75, 3.05) is 13.1 Å². The topological polar surface area (TPSA) is 53.7 Å². The van der Waals surface area contributed by atoms with Gasteiger partial charge in [-0.3, -0.25) is 9.69 Å². The smallest absolute Gasteiger partial charge is 0.312 e. The van der Waals surface area contributed by atoms with Crippen LogP contribution in [-0.4, -0.2) is 29.1 Å². The summed E-state index contributed by atoms with van der Waals surface area (Å²) in [6.07, 6.45) is 2.31. The van der Waals surface area contributed by atoms with Gasteiger partial charge in [0, 0.05) is 13.1 Å². The average Bonchev–Trinajstić information content (AvgIpc) is 2.56. The summed E-state index contributed by atoms with van der Waals surface area (Å²) >= 11 is 3.39. The Morgan fingerprint density at radius 2 is 2.38 bits per heavy atom. The molecule has 1 N–H and O–H groups in total. The lowest BCUT2D eigenvalue weighted by Crippen LogP contribution is -2.59. The zero-order valence-electron chi connectivity index (χ0n) is 9.07. The molecule has 16 heavy (non-hydrogen) atoms. The van der Waals surface area contributed by atoms with Gasteiger partial charge in [0.05, 0.1) is 22.7 Å². The molecule has 0 radical (unpaired) electrons. The highest BCUT2D eigenvalue weighted by Gasteiger charge is 2.48. The van der Waals surface area contributed by atoms with Gasteiger partial charge < -0.3 is 9.52 Å². The first kappa shape index (κ1) is 11.7. The molecule has 0 amide bonds. The molecule has 0 aliphatic carbocycles. The van der Waals surface area contributed by atoms with Crippen LogP contribution in [0.2, 0.25) is 0 Å². The van der Waals surface area contributed by atoms with Crippen LogP contribution in [0.15, 0.2) is 21.2 Å². The van der Waals surface area contributed by atoms with Crippen LogP contribution >= 0.6 is 15.9 Å². The third kappa shape index (κ3) is 1.89. The van der Waals surface area contributed by atoms with E-state index in [9.17, 15) is 4.79 Å². The highest BCUT2D eigenvalue weighted by atomic mass is 79.9. The van der Waals surface area contributed by atoms with Gasteiger partial charge in [0.25, 0.3) is 0 Å². The second-order valence-corrected chi connectivity index (χ2v) is 5.13. The predicted molar refractivity (Wildman–Crippen MR) is 62.0 cm³/mol. The van der Waals surface area contributed by atoms with Gasteiger partial charge in [-0.15, -0.1) is 0 Å². The standard InChI is InChI=1S/C11H14BrNO3/c1-2-11(10(14)15)6-13(7-11)5-9-8(12)3-4-16-9/h3-4H,2,5-7H2,1H3,(H,14,15). The maximum absolute atomic E-state index is 11.1. The van der Waals surface area contributed by atoms with Crippen LogP contribution in [0.1, 0.15) is 19.1 Å². The quantitative estimate of drug-likeness (QED) is 0.924. The van der Waals surface area contributed by atoms with E-state index in [1.54, 1.807) is 6.26 Å². The zero-order chi connectivity index (χ0) is 11.8. The lowest BCUT2D eigenvalue weighted by atomic mass is 9.77. The molecule has 1 aromatic heterocycles. The second kappa shape index (κ2) is 4.22. The molecular formula is C11H14BrNO3. The van der Waals surface area contributed by atoms with Crippen molar-refractivity contribution in [1.29, 1.82) is 0 Å². The number of halogens is 1. The molecule has 1 aliphatic rings. The summed E-state index contributed by atoms with van der Waals surface area (Å²) < 4.78 is 6.24. The van der Waals surface area contributed by atoms with Crippen LogP contribution in [0.4, 0.5) is 0 Å². The number of rotatable bonds is 4. The van der Waals surface area contributed by atoms with Crippen LogP contribution in [0, 0.1) is 5.41 Å². The van der Waals surface area contributed by atoms with E-state index in [4.69, 9.17) is 9.52 Å². The van der Waals surface area contributed by atoms with E-state index in [2.05, 4.69) is 20.8 Å². The minimum Gasteiger partial charge on any atom is -0.481 e. The molecule has 0 bridgehead atoms. The van der Waals surface area contributed by atoms with Crippen LogP contribution in [-0.2, 0) is 11.3 Å². The molecule has 1 saturated heterocycles. The minimum atomic E-state index is -0.690. The molecule has 0 aromatic carbocycles. The molecule has 0 spiro atoms. The molecule has 0 atom stereocenters. The van der Waals surface area contributed by atoms with Crippen molar-refractivity contribution in [3.8, 4) is 0 Å². The molecule has 0 saturated carbocycles. The monoisotopic (exact) mass is 287 g/mol. The van der Waals surface area contributed by atoms with Crippen LogP contribution < -0.4 is 0 Å². The van der Waals surface area contributed by atoms with Gasteiger partial charge in [-0.2, -0.15) is 0 Å². The fourth-order valence-electron chi connectivity index (χ4n) is 2.07. The molecule has 1 aliphatic heterocycles. The summed E-state index contributed by atoms with van der Waals surface area (Å²) in [6.45, 7) is 3.80. The zero-order valence-corrected chi connectivity index (χ0v) is 10.7.